The second-order valence-corrected chi connectivity index (χ2v) is 4.63. The minimum absolute atomic E-state index is 0.142. The van der Waals surface area contributed by atoms with Crippen LogP contribution in [0.3, 0.4) is 0 Å². The summed E-state index contributed by atoms with van der Waals surface area (Å²) in [5, 5.41) is 10.3. The third-order valence-electron chi connectivity index (χ3n) is 2.68. The first-order chi connectivity index (χ1) is 8.67. The first-order valence-electron chi connectivity index (χ1n) is 5.30. The van der Waals surface area contributed by atoms with Crippen LogP contribution in [0.15, 0.2) is 36.4 Å². The Morgan fingerprint density at radius 2 is 1.94 bits per heavy atom. The molecule has 0 aromatic heterocycles. The number of hydrogen-bond acceptors (Lipinski definition) is 2. The average molecular weight is 281 g/mol. The van der Waals surface area contributed by atoms with E-state index >= 15 is 0 Å². The Morgan fingerprint density at radius 1 is 1.17 bits per heavy atom. The molecule has 0 aliphatic carbocycles. The largest absolute Gasteiger partial charge is 0.392 e. The summed E-state index contributed by atoms with van der Waals surface area (Å²) in [6, 6.07) is 10.2. The zero-order chi connectivity index (χ0) is 13.1. The highest BCUT2D eigenvalue weighted by Crippen LogP contribution is 2.34. The van der Waals surface area contributed by atoms with Crippen molar-refractivity contribution in [3.05, 3.63) is 57.6 Å². The number of aliphatic hydroxyl groups is 1. The highest BCUT2D eigenvalue weighted by atomic mass is 35.5. The van der Waals surface area contributed by atoms with Gasteiger partial charge in [-0.15, -0.1) is 0 Å². The summed E-state index contributed by atoms with van der Waals surface area (Å²) < 4.78 is 0. The smallest absolute Gasteiger partial charge is 0.150 e. The van der Waals surface area contributed by atoms with Crippen molar-refractivity contribution >= 4 is 29.5 Å². The van der Waals surface area contributed by atoms with Crippen LogP contribution in [0, 0.1) is 0 Å². The van der Waals surface area contributed by atoms with Crippen LogP contribution in [-0.4, -0.2) is 11.4 Å². The number of benzene rings is 2. The van der Waals surface area contributed by atoms with Gasteiger partial charge in [0.15, 0.2) is 6.29 Å². The molecule has 4 heteroatoms. The van der Waals surface area contributed by atoms with Crippen LogP contribution in [-0.2, 0) is 6.61 Å². The molecule has 2 nitrogen and oxygen atoms in total. The second-order valence-electron chi connectivity index (χ2n) is 3.78. The molecule has 0 saturated carbocycles. The molecule has 0 heterocycles. The monoisotopic (exact) mass is 280 g/mol. The third kappa shape index (κ3) is 2.41. The van der Waals surface area contributed by atoms with Crippen molar-refractivity contribution in [1.82, 2.24) is 0 Å². The molecule has 0 bridgehead atoms. The number of carbonyl (C=O) groups is 1. The predicted molar refractivity (Wildman–Crippen MR) is 73.2 cm³/mol. The molecule has 0 unspecified atom stereocenters. The van der Waals surface area contributed by atoms with Crippen LogP contribution >= 0.6 is 23.2 Å². The van der Waals surface area contributed by atoms with E-state index < -0.39 is 0 Å². The van der Waals surface area contributed by atoms with E-state index in [1.807, 2.05) is 0 Å². The second kappa shape index (κ2) is 5.53. The molecule has 18 heavy (non-hydrogen) atoms. The van der Waals surface area contributed by atoms with E-state index in [9.17, 15) is 9.90 Å². The number of aliphatic hydroxyl groups excluding tert-OH is 1. The van der Waals surface area contributed by atoms with E-state index in [1.54, 1.807) is 36.4 Å². The minimum Gasteiger partial charge on any atom is -0.392 e. The van der Waals surface area contributed by atoms with Gasteiger partial charge in [0.25, 0.3) is 0 Å². The fourth-order valence-corrected chi connectivity index (χ4v) is 2.34. The van der Waals surface area contributed by atoms with E-state index in [1.165, 1.54) is 0 Å². The molecule has 0 amide bonds. The Balaban J connectivity index is 2.72. The van der Waals surface area contributed by atoms with Gasteiger partial charge in [-0.25, -0.2) is 0 Å². The van der Waals surface area contributed by atoms with Crippen LogP contribution < -0.4 is 0 Å². The number of aldehydes is 1. The molecule has 0 aliphatic heterocycles. The first-order valence-corrected chi connectivity index (χ1v) is 6.06. The number of hydrogen-bond donors (Lipinski definition) is 1. The fraction of sp³-hybridized carbons (Fsp3) is 0.0714. The molecule has 0 fully saturated rings. The van der Waals surface area contributed by atoms with Crippen molar-refractivity contribution in [2.24, 2.45) is 0 Å². The maximum absolute atomic E-state index is 11.1. The summed E-state index contributed by atoms with van der Waals surface area (Å²) in [5.74, 6) is 0. The van der Waals surface area contributed by atoms with Gasteiger partial charge in [-0.3, -0.25) is 4.79 Å². The molecule has 2 aromatic carbocycles. The van der Waals surface area contributed by atoms with Crippen molar-refractivity contribution in [1.29, 1.82) is 0 Å². The Labute approximate surface area is 115 Å². The fourth-order valence-electron chi connectivity index (χ4n) is 1.86. The predicted octanol–water partition coefficient (Wildman–Crippen LogP) is 3.97. The first kappa shape index (κ1) is 13.1. The number of rotatable bonds is 3. The minimum atomic E-state index is -0.142. The number of carbonyl (C=O) groups excluding carboxylic acids is 1. The molecular weight excluding hydrogens is 271 g/mol. The van der Waals surface area contributed by atoms with Crippen LogP contribution in [0.2, 0.25) is 10.0 Å². The molecule has 2 aromatic rings. The molecule has 0 radical (unpaired) electrons. The van der Waals surface area contributed by atoms with E-state index in [4.69, 9.17) is 23.2 Å². The average Bonchev–Trinajstić information content (AvgIpc) is 2.38. The number of halogens is 2. The van der Waals surface area contributed by atoms with Crippen LogP contribution in [0.5, 0.6) is 0 Å². The van der Waals surface area contributed by atoms with Crippen molar-refractivity contribution in [2.75, 3.05) is 0 Å². The molecule has 92 valence electrons. The van der Waals surface area contributed by atoms with Crippen LogP contribution in [0.1, 0.15) is 15.9 Å². The van der Waals surface area contributed by atoms with E-state index in [-0.39, 0.29) is 6.61 Å². The Hall–Kier alpha value is -1.35. The van der Waals surface area contributed by atoms with Gasteiger partial charge in [0, 0.05) is 21.2 Å². The van der Waals surface area contributed by atoms with Gasteiger partial charge in [-0.1, -0.05) is 41.4 Å². The molecule has 2 rings (SSSR count). The Bertz CT molecular complexity index is 594. The summed E-state index contributed by atoms with van der Waals surface area (Å²) in [6.45, 7) is -0.142. The van der Waals surface area contributed by atoms with E-state index in [0.717, 1.165) is 6.29 Å². The van der Waals surface area contributed by atoms with Crippen molar-refractivity contribution in [3.63, 3.8) is 0 Å². The van der Waals surface area contributed by atoms with Gasteiger partial charge >= 0.3 is 0 Å². The summed E-state index contributed by atoms with van der Waals surface area (Å²) in [5.41, 5.74) is 2.46. The lowest BCUT2D eigenvalue weighted by atomic mass is 9.96. The third-order valence-corrected chi connectivity index (χ3v) is 3.23. The van der Waals surface area contributed by atoms with Crippen LogP contribution in [0.4, 0.5) is 0 Å². The van der Waals surface area contributed by atoms with Gasteiger partial charge in [0.2, 0.25) is 0 Å². The SMILES string of the molecule is O=Cc1cc(Cl)ccc1-c1c(Cl)cccc1CO. The van der Waals surface area contributed by atoms with E-state index in [2.05, 4.69) is 0 Å². The van der Waals surface area contributed by atoms with Gasteiger partial charge in [-0.05, 0) is 29.3 Å². The maximum Gasteiger partial charge on any atom is 0.150 e. The quantitative estimate of drug-likeness (QED) is 0.864. The van der Waals surface area contributed by atoms with Crippen molar-refractivity contribution in [3.8, 4) is 11.1 Å². The molecular formula is C14H10Cl2O2. The highest BCUT2D eigenvalue weighted by Gasteiger charge is 2.12. The summed E-state index contributed by atoms with van der Waals surface area (Å²) in [7, 11) is 0. The standard InChI is InChI=1S/C14H10Cl2O2/c15-11-4-5-12(10(6-11)8-18)14-9(7-17)2-1-3-13(14)16/h1-6,8,17H,7H2. The molecule has 1 N–H and O–H groups in total. The lowest BCUT2D eigenvalue weighted by Crippen LogP contribution is -1.94. The highest BCUT2D eigenvalue weighted by molar-refractivity contribution is 6.34. The van der Waals surface area contributed by atoms with Gasteiger partial charge in [0.05, 0.1) is 6.61 Å². The normalized spacial score (nSPS) is 10.4. The van der Waals surface area contributed by atoms with E-state index in [0.29, 0.717) is 32.3 Å². The summed E-state index contributed by atoms with van der Waals surface area (Å²) in [4.78, 5) is 11.1. The van der Waals surface area contributed by atoms with Crippen molar-refractivity contribution < 1.29 is 9.90 Å². The molecule has 0 aliphatic rings. The Morgan fingerprint density at radius 3 is 2.61 bits per heavy atom. The van der Waals surface area contributed by atoms with Crippen molar-refractivity contribution in [2.45, 2.75) is 6.61 Å². The topological polar surface area (TPSA) is 37.3 Å². The molecule has 0 atom stereocenters. The van der Waals surface area contributed by atoms with Gasteiger partial charge in [-0.2, -0.15) is 0 Å². The summed E-state index contributed by atoms with van der Waals surface area (Å²) in [6.07, 6.45) is 0.728. The maximum atomic E-state index is 11.1. The van der Waals surface area contributed by atoms with Gasteiger partial charge < -0.3 is 5.11 Å². The molecule has 0 spiro atoms. The van der Waals surface area contributed by atoms with Gasteiger partial charge in [0.1, 0.15) is 0 Å². The summed E-state index contributed by atoms with van der Waals surface area (Å²) >= 11 is 12.0. The lowest BCUT2D eigenvalue weighted by molar-refractivity contribution is 0.112. The molecule has 0 saturated heterocycles. The zero-order valence-corrected chi connectivity index (χ0v) is 10.9. The van der Waals surface area contributed by atoms with Crippen LogP contribution in [0.25, 0.3) is 11.1 Å². The lowest BCUT2D eigenvalue weighted by Gasteiger charge is -2.12. The Kier molecular flexibility index (Phi) is 4.02. The zero-order valence-electron chi connectivity index (χ0n) is 9.36.